The Morgan fingerprint density at radius 3 is 2.57 bits per heavy atom. The van der Waals surface area contributed by atoms with Crippen LogP contribution in [-0.4, -0.2) is 29.9 Å². The molecule has 0 spiro atoms. The summed E-state index contributed by atoms with van der Waals surface area (Å²) in [6, 6.07) is 13.2. The molecule has 5 nitrogen and oxygen atoms in total. The van der Waals surface area contributed by atoms with E-state index in [1.807, 2.05) is 63.2 Å². The van der Waals surface area contributed by atoms with E-state index in [2.05, 4.69) is 11.9 Å². The lowest BCUT2D eigenvalue weighted by Gasteiger charge is -2.13. The third-order valence-electron chi connectivity index (χ3n) is 4.55. The number of carbonyl (C=O) groups excluding carboxylic acids is 2. The molecular formula is C23H24N2O3. The van der Waals surface area contributed by atoms with Crippen molar-refractivity contribution in [2.24, 2.45) is 0 Å². The van der Waals surface area contributed by atoms with E-state index in [1.165, 1.54) is 4.90 Å². The molecule has 0 radical (unpaired) electrons. The number of nitrogens with zero attached hydrogens (tertiary/aromatic N) is 1. The molecule has 0 aromatic heterocycles. The van der Waals surface area contributed by atoms with Crippen molar-refractivity contribution in [2.75, 3.05) is 18.5 Å². The first-order valence-electron chi connectivity index (χ1n) is 9.25. The first kappa shape index (κ1) is 19.4. The van der Waals surface area contributed by atoms with Crippen LogP contribution in [0.25, 0.3) is 5.57 Å². The lowest BCUT2D eigenvalue weighted by atomic mass is 9.97. The highest BCUT2D eigenvalue weighted by Gasteiger charge is 2.39. The van der Waals surface area contributed by atoms with Gasteiger partial charge in [-0.25, -0.2) is 0 Å². The highest BCUT2D eigenvalue weighted by Crippen LogP contribution is 2.33. The maximum atomic E-state index is 13.0. The minimum absolute atomic E-state index is 0.163. The summed E-state index contributed by atoms with van der Waals surface area (Å²) >= 11 is 0. The fourth-order valence-electron chi connectivity index (χ4n) is 3.31. The Balaban J connectivity index is 2.09. The molecule has 1 N–H and O–H groups in total. The minimum Gasteiger partial charge on any atom is -0.494 e. The van der Waals surface area contributed by atoms with Crippen molar-refractivity contribution in [3.05, 3.63) is 77.5 Å². The number of aryl methyl sites for hydroxylation is 2. The highest BCUT2D eigenvalue weighted by molar-refractivity contribution is 6.36. The molecule has 5 heteroatoms. The molecule has 0 bridgehead atoms. The average molecular weight is 376 g/mol. The van der Waals surface area contributed by atoms with Crippen molar-refractivity contribution in [2.45, 2.75) is 20.8 Å². The van der Waals surface area contributed by atoms with E-state index in [1.54, 1.807) is 6.08 Å². The van der Waals surface area contributed by atoms with Crippen LogP contribution in [0.5, 0.6) is 5.75 Å². The molecule has 0 atom stereocenters. The van der Waals surface area contributed by atoms with Crippen LogP contribution in [0, 0.1) is 13.8 Å². The molecule has 0 fully saturated rings. The fourth-order valence-corrected chi connectivity index (χ4v) is 3.31. The quantitative estimate of drug-likeness (QED) is 0.584. The van der Waals surface area contributed by atoms with E-state index in [4.69, 9.17) is 4.74 Å². The van der Waals surface area contributed by atoms with Crippen LogP contribution in [-0.2, 0) is 9.59 Å². The van der Waals surface area contributed by atoms with Gasteiger partial charge in [0.25, 0.3) is 11.8 Å². The number of carbonyl (C=O) groups is 2. The van der Waals surface area contributed by atoms with Crippen LogP contribution in [0.15, 0.2) is 60.8 Å². The summed E-state index contributed by atoms with van der Waals surface area (Å²) in [6.07, 6.45) is 1.55. The van der Waals surface area contributed by atoms with Crippen LogP contribution in [0.4, 0.5) is 5.69 Å². The number of rotatable bonds is 7. The molecule has 0 saturated carbocycles. The van der Waals surface area contributed by atoms with Crippen LogP contribution in [0.1, 0.15) is 23.6 Å². The molecule has 3 rings (SSSR count). The van der Waals surface area contributed by atoms with E-state index in [0.717, 1.165) is 16.7 Å². The van der Waals surface area contributed by atoms with Crippen molar-refractivity contribution < 1.29 is 14.3 Å². The number of benzene rings is 2. The molecule has 0 unspecified atom stereocenters. The van der Waals surface area contributed by atoms with Crippen molar-refractivity contribution in [3.63, 3.8) is 0 Å². The predicted molar refractivity (Wildman–Crippen MR) is 111 cm³/mol. The second-order valence-corrected chi connectivity index (χ2v) is 6.66. The number of anilines is 1. The van der Waals surface area contributed by atoms with Gasteiger partial charge in [0.15, 0.2) is 0 Å². The van der Waals surface area contributed by atoms with Gasteiger partial charge in [0.05, 0.1) is 12.2 Å². The maximum Gasteiger partial charge on any atom is 0.278 e. The molecular weight excluding hydrogens is 352 g/mol. The second kappa shape index (κ2) is 8.13. The fraction of sp³-hybridized carbons (Fsp3) is 0.217. The molecule has 144 valence electrons. The topological polar surface area (TPSA) is 58.6 Å². The van der Waals surface area contributed by atoms with Gasteiger partial charge in [-0.3, -0.25) is 14.5 Å². The summed E-state index contributed by atoms with van der Waals surface area (Å²) in [5.74, 6) is 0.0166. The standard InChI is InChI=1S/C23H24N2O3/c1-5-12-25-22(26)20(19-11-10-15(3)13-16(19)4)21(23(25)27)24-17-8-7-9-18(14-17)28-6-2/h5,7-11,13-14,24H,1,6,12H2,2-4H3. The molecule has 2 aromatic rings. The van der Waals surface area contributed by atoms with Gasteiger partial charge in [0.1, 0.15) is 11.4 Å². The van der Waals surface area contributed by atoms with Gasteiger partial charge in [-0.15, -0.1) is 6.58 Å². The van der Waals surface area contributed by atoms with E-state index in [9.17, 15) is 9.59 Å². The first-order chi connectivity index (χ1) is 13.5. The van der Waals surface area contributed by atoms with Crippen molar-refractivity contribution >= 4 is 23.1 Å². The number of hydrogen-bond donors (Lipinski definition) is 1. The SMILES string of the molecule is C=CCN1C(=O)C(Nc2cccc(OCC)c2)=C(c2ccc(C)cc2C)C1=O. The van der Waals surface area contributed by atoms with Gasteiger partial charge in [-0.2, -0.15) is 0 Å². The van der Waals surface area contributed by atoms with Gasteiger partial charge in [-0.05, 0) is 44.0 Å². The highest BCUT2D eigenvalue weighted by atomic mass is 16.5. The van der Waals surface area contributed by atoms with Crippen LogP contribution >= 0.6 is 0 Å². The van der Waals surface area contributed by atoms with Crippen molar-refractivity contribution in [1.29, 1.82) is 0 Å². The Hall–Kier alpha value is -3.34. The summed E-state index contributed by atoms with van der Waals surface area (Å²) in [7, 11) is 0. The Kier molecular flexibility index (Phi) is 5.64. The largest absolute Gasteiger partial charge is 0.494 e. The third kappa shape index (κ3) is 3.69. The Labute approximate surface area is 165 Å². The number of nitrogens with one attached hydrogen (secondary N) is 1. The molecule has 1 aliphatic heterocycles. The summed E-state index contributed by atoms with van der Waals surface area (Å²) in [5.41, 5.74) is 4.13. The first-order valence-corrected chi connectivity index (χ1v) is 9.25. The second-order valence-electron chi connectivity index (χ2n) is 6.66. The zero-order chi connectivity index (χ0) is 20.3. The van der Waals surface area contributed by atoms with E-state index in [0.29, 0.717) is 23.6 Å². The number of imide groups is 1. The van der Waals surface area contributed by atoms with Crippen LogP contribution in [0.2, 0.25) is 0 Å². The monoisotopic (exact) mass is 376 g/mol. The molecule has 2 amide bonds. The third-order valence-corrected chi connectivity index (χ3v) is 4.55. The Morgan fingerprint density at radius 1 is 1.11 bits per heavy atom. The lowest BCUT2D eigenvalue weighted by molar-refractivity contribution is -0.136. The maximum absolute atomic E-state index is 13.0. The molecule has 0 saturated heterocycles. The molecule has 1 heterocycles. The predicted octanol–water partition coefficient (Wildman–Crippen LogP) is 4.08. The van der Waals surface area contributed by atoms with Crippen molar-refractivity contribution in [1.82, 2.24) is 4.90 Å². The van der Waals surface area contributed by atoms with Gasteiger partial charge in [0, 0.05) is 18.3 Å². The molecule has 1 aliphatic rings. The lowest BCUT2D eigenvalue weighted by Crippen LogP contribution is -2.32. The smallest absolute Gasteiger partial charge is 0.278 e. The van der Waals surface area contributed by atoms with Crippen molar-refractivity contribution in [3.8, 4) is 5.75 Å². The van der Waals surface area contributed by atoms with Crippen LogP contribution in [0.3, 0.4) is 0 Å². The number of ether oxygens (including phenoxy) is 1. The minimum atomic E-state index is -0.360. The normalized spacial score (nSPS) is 13.9. The molecule has 2 aromatic carbocycles. The van der Waals surface area contributed by atoms with E-state index < -0.39 is 0 Å². The molecule has 0 aliphatic carbocycles. The number of hydrogen-bond acceptors (Lipinski definition) is 4. The Bertz CT molecular complexity index is 976. The summed E-state index contributed by atoms with van der Waals surface area (Å²) < 4.78 is 5.53. The van der Waals surface area contributed by atoms with Gasteiger partial charge in [0.2, 0.25) is 0 Å². The summed E-state index contributed by atoms with van der Waals surface area (Å²) in [6.45, 7) is 10.2. The average Bonchev–Trinajstić information content (AvgIpc) is 2.88. The summed E-state index contributed by atoms with van der Waals surface area (Å²) in [5, 5.41) is 3.15. The van der Waals surface area contributed by atoms with Gasteiger partial charge in [-0.1, -0.05) is 35.9 Å². The zero-order valence-corrected chi connectivity index (χ0v) is 16.4. The summed E-state index contributed by atoms with van der Waals surface area (Å²) in [4.78, 5) is 27.2. The Morgan fingerprint density at radius 2 is 1.89 bits per heavy atom. The van der Waals surface area contributed by atoms with Gasteiger partial charge < -0.3 is 10.1 Å². The zero-order valence-electron chi connectivity index (χ0n) is 16.4. The van der Waals surface area contributed by atoms with E-state index >= 15 is 0 Å². The van der Waals surface area contributed by atoms with Crippen LogP contribution < -0.4 is 10.1 Å². The van der Waals surface area contributed by atoms with E-state index in [-0.39, 0.29) is 24.1 Å². The van der Waals surface area contributed by atoms with Gasteiger partial charge >= 0.3 is 0 Å². The number of amides is 2. The molecule has 28 heavy (non-hydrogen) atoms.